The number of piperidine rings is 2. The molecule has 2 aromatic carbocycles. The Kier molecular flexibility index (Phi) is 9.33. The highest BCUT2D eigenvalue weighted by Crippen LogP contribution is 2.36. The summed E-state index contributed by atoms with van der Waals surface area (Å²) in [6.45, 7) is 6.34. The van der Waals surface area contributed by atoms with Gasteiger partial charge in [0.1, 0.15) is 0 Å². The van der Waals surface area contributed by atoms with E-state index in [0.717, 1.165) is 57.8 Å². The predicted octanol–water partition coefficient (Wildman–Crippen LogP) is 4.92. The van der Waals surface area contributed by atoms with Crippen molar-refractivity contribution in [3.63, 3.8) is 0 Å². The van der Waals surface area contributed by atoms with Crippen LogP contribution in [0.1, 0.15) is 42.7 Å². The summed E-state index contributed by atoms with van der Waals surface area (Å²) in [4.78, 5) is 22.6. The second kappa shape index (κ2) is 13.2. The number of aromatic nitrogens is 1. The maximum absolute atomic E-state index is 12.8. The van der Waals surface area contributed by atoms with E-state index >= 15 is 0 Å². The molecule has 0 aliphatic carbocycles. The third-order valence-electron chi connectivity index (χ3n) is 9.40. The molecule has 0 radical (unpaired) electrons. The Morgan fingerprint density at radius 2 is 1.72 bits per heavy atom. The number of nitrogens with zero attached hydrogens (tertiary/aromatic N) is 3. The van der Waals surface area contributed by atoms with Gasteiger partial charge in [0.05, 0.1) is 24.9 Å². The number of ether oxygens (including phenoxy) is 1. The van der Waals surface area contributed by atoms with Crippen molar-refractivity contribution >= 4 is 51.8 Å². The summed E-state index contributed by atoms with van der Waals surface area (Å²) < 4.78 is 5.53. The molecule has 3 aromatic rings. The van der Waals surface area contributed by atoms with Gasteiger partial charge >= 0.3 is 0 Å². The van der Waals surface area contributed by atoms with Gasteiger partial charge in [0.15, 0.2) is 0 Å². The van der Waals surface area contributed by atoms with Crippen LogP contribution in [0.3, 0.4) is 0 Å². The number of nitrogens with one attached hydrogen (secondary N) is 1. The molecular formula is C33H40Cl2N4O4. The van der Waals surface area contributed by atoms with Gasteiger partial charge in [-0.15, -0.1) is 0 Å². The highest BCUT2D eigenvalue weighted by Gasteiger charge is 2.40. The number of amides is 1. The van der Waals surface area contributed by atoms with E-state index in [1.807, 2.05) is 0 Å². The standard InChI is InChI=1S/C33H40Cl2N4O4/c34-25-17-23(18-26(35)19-25)1-4-32(41)39-11-7-33(42,8-12-39)31(40)22-37-9-5-24(6-10-37)29-21-36-30-3-2-27(20-28(29)30)38-13-15-43-16-14-38/h1-4,17-21,24,31,36,40,42H,5-16,22H2/b4-1+. The summed E-state index contributed by atoms with van der Waals surface area (Å²) in [5.41, 5.74) is 3.33. The third kappa shape index (κ3) is 7.06. The predicted molar refractivity (Wildman–Crippen MR) is 172 cm³/mol. The number of carbonyl (C=O) groups is 1. The van der Waals surface area contributed by atoms with E-state index in [0.29, 0.717) is 48.4 Å². The van der Waals surface area contributed by atoms with Crippen LogP contribution in [0, 0.1) is 0 Å². The number of morpholine rings is 1. The van der Waals surface area contributed by atoms with Crippen LogP contribution in [-0.2, 0) is 9.53 Å². The Hall–Kier alpha value is -2.59. The minimum atomic E-state index is -1.20. The van der Waals surface area contributed by atoms with Crippen molar-refractivity contribution in [2.75, 3.05) is 63.9 Å². The fourth-order valence-corrected chi connectivity index (χ4v) is 7.26. The number of H-pyrrole nitrogens is 1. The van der Waals surface area contributed by atoms with Crippen LogP contribution in [0.5, 0.6) is 0 Å². The zero-order chi connectivity index (χ0) is 30.0. The number of carbonyl (C=O) groups excluding carboxylic acids is 1. The van der Waals surface area contributed by atoms with Gasteiger partial charge in [-0.2, -0.15) is 0 Å². The number of hydrogen-bond donors (Lipinski definition) is 3. The lowest BCUT2D eigenvalue weighted by atomic mass is 9.84. The molecule has 10 heteroatoms. The lowest BCUT2D eigenvalue weighted by molar-refractivity contribution is -0.140. The van der Waals surface area contributed by atoms with Crippen molar-refractivity contribution < 1.29 is 19.7 Å². The lowest BCUT2D eigenvalue weighted by Crippen LogP contribution is -2.56. The first-order chi connectivity index (χ1) is 20.8. The number of fused-ring (bicyclic) bond motifs is 1. The van der Waals surface area contributed by atoms with Crippen molar-refractivity contribution in [1.29, 1.82) is 0 Å². The molecule has 3 saturated heterocycles. The largest absolute Gasteiger partial charge is 0.389 e. The molecule has 3 fully saturated rings. The molecule has 0 saturated carbocycles. The van der Waals surface area contributed by atoms with E-state index in [2.05, 4.69) is 39.2 Å². The zero-order valence-corrected chi connectivity index (χ0v) is 25.9. The maximum atomic E-state index is 12.8. The molecule has 1 unspecified atom stereocenters. The number of rotatable bonds is 7. The second-order valence-electron chi connectivity index (χ2n) is 12.1. The number of aliphatic hydroxyl groups excluding tert-OH is 1. The summed E-state index contributed by atoms with van der Waals surface area (Å²) in [6.07, 6.45) is 7.19. The van der Waals surface area contributed by atoms with Gasteiger partial charge in [0, 0.05) is 71.6 Å². The van der Waals surface area contributed by atoms with Crippen molar-refractivity contribution in [3.05, 3.63) is 69.8 Å². The molecule has 4 heterocycles. The number of benzene rings is 2. The monoisotopic (exact) mass is 626 g/mol. The molecule has 230 valence electrons. The second-order valence-corrected chi connectivity index (χ2v) is 13.0. The van der Waals surface area contributed by atoms with Gasteiger partial charge < -0.3 is 34.6 Å². The van der Waals surface area contributed by atoms with Crippen molar-refractivity contribution in [1.82, 2.24) is 14.8 Å². The number of aliphatic hydroxyl groups is 2. The average molecular weight is 628 g/mol. The van der Waals surface area contributed by atoms with Crippen LogP contribution in [0.2, 0.25) is 10.0 Å². The topological polar surface area (TPSA) is 92.3 Å². The summed E-state index contributed by atoms with van der Waals surface area (Å²) in [5, 5.41) is 24.7. The van der Waals surface area contributed by atoms with Crippen LogP contribution < -0.4 is 4.90 Å². The Labute approximate surface area is 262 Å². The molecule has 3 N–H and O–H groups in total. The minimum Gasteiger partial charge on any atom is -0.389 e. The van der Waals surface area contributed by atoms with Gasteiger partial charge in [0.25, 0.3) is 0 Å². The Balaban J connectivity index is 0.997. The van der Waals surface area contributed by atoms with Gasteiger partial charge in [-0.3, -0.25) is 4.79 Å². The van der Waals surface area contributed by atoms with Gasteiger partial charge in [0.2, 0.25) is 5.91 Å². The Morgan fingerprint density at radius 3 is 2.42 bits per heavy atom. The van der Waals surface area contributed by atoms with Gasteiger partial charge in [-0.25, -0.2) is 0 Å². The van der Waals surface area contributed by atoms with Gasteiger partial charge in [-0.1, -0.05) is 23.2 Å². The van der Waals surface area contributed by atoms with Crippen LogP contribution in [0.4, 0.5) is 5.69 Å². The van der Waals surface area contributed by atoms with Crippen molar-refractivity contribution in [2.24, 2.45) is 0 Å². The first-order valence-corrected chi connectivity index (χ1v) is 16.0. The number of anilines is 1. The van der Waals surface area contributed by atoms with Crippen LogP contribution >= 0.6 is 23.2 Å². The molecule has 1 amide bonds. The van der Waals surface area contributed by atoms with E-state index in [1.54, 1.807) is 29.2 Å². The summed E-state index contributed by atoms with van der Waals surface area (Å²) in [5.74, 6) is 0.319. The van der Waals surface area contributed by atoms with Crippen LogP contribution in [-0.4, -0.2) is 102 Å². The molecule has 3 aliphatic heterocycles. The van der Waals surface area contributed by atoms with E-state index in [-0.39, 0.29) is 5.91 Å². The molecular weight excluding hydrogens is 587 g/mol. The molecule has 8 nitrogen and oxygen atoms in total. The number of aromatic amines is 1. The first-order valence-electron chi connectivity index (χ1n) is 15.3. The van der Waals surface area contributed by atoms with Gasteiger partial charge in [-0.05, 0) is 98.3 Å². The molecule has 0 spiro atoms. The quantitative estimate of drug-likeness (QED) is 0.323. The normalized spacial score (nSPS) is 21.1. The molecule has 43 heavy (non-hydrogen) atoms. The lowest BCUT2D eigenvalue weighted by Gasteiger charge is -2.43. The maximum Gasteiger partial charge on any atom is 0.246 e. The summed E-state index contributed by atoms with van der Waals surface area (Å²) >= 11 is 12.1. The molecule has 1 aromatic heterocycles. The number of hydrogen-bond acceptors (Lipinski definition) is 6. The van der Waals surface area contributed by atoms with Crippen LogP contribution in [0.15, 0.2) is 48.7 Å². The highest BCUT2D eigenvalue weighted by molar-refractivity contribution is 6.34. The third-order valence-corrected chi connectivity index (χ3v) is 9.83. The number of β-amino-alcohol motifs (C(OH)–C–C–N with tert-alkyl or cyclic N) is 1. The van der Waals surface area contributed by atoms with E-state index in [9.17, 15) is 15.0 Å². The highest BCUT2D eigenvalue weighted by atomic mass is 35.5. The van der Waals surface area contributed by atoms with E-state index < -0.39 is 11.7 Å². The fraction of sp³-hybridized carbons (Fsp3) is 0.485. The molecule has 6 rings (SSSR count). The van der Waals surface area contributed by atoms with Crippen LogP contribution in [0.25, 0.3) is 17.0 Å². The first kappa shape index (κ1) is 30.4. The van der Waals surface area contributed by atoms with E-state index in [1.165, 1.54) is 28.2 Å². The average Bonchev–Trinajstić information content (AvgIpc) is 3.44. The zero-order valence-electron chi connectivity index (χ0n) is 24.4. The SMILES string of the molecule is O=C(/C=C/c1cc(Cl)cc(Cl)c1)N1CCC(O)(C(O)CN2CCC(c3c[nH]c4ccc(N5CCOCC5)cc34)CC2)CC1. The molecule has 3 aliphatic rings. The summed E-state index contributed by atoms with van der Waals surface area (Å²) in [6, 6.07) is 11.8. The fourth-order valence-electron chi connectivity index (χ4n) is 6.72. The number of halogens is 2. The van der Waals surface area contributed by atoms with Crippen molar-refractivity contribution in [2.45, 2.75) is 43.3 Å². The Morgan fingerprint density at radius 1 is 1.02 bits per heavy atom. The molecule has 1 atom stereocenters. The minimum absolute atomic E-state index is 0.135. The van der Waals surface area contributed by atoms with Crippen molar-refractivity contribution in [3.8, 4) is 0 Å². The van der Waals surface area contributed by atoms with E-state index in [4.69, 9.17) is 27.9 Å². The number of likely N-dealkylation sites (tertiary alicyclic amines) is 2. The molecule has 0 bridgehead atoms. The summed E-state index contributed by atoms with van der Waals surface area (Å²) in [7, 11) is 0. The Bertz CT molecular complexity index is 1430. The smallest absolute Gasteiger partial charge is 0.246 e.